The number of hydrogen-bond acceptors (Lipinski definition) is 8. The zero-order valence-corrected chi connectivity index (χ0v) is 19.4. The quantitative estimate of drug-likeness (QED) is 0.736. The molecule has 0 aliphatic carbocycles. The summed E-state index contributed by atoms with van der Waals surface area (Å²) < 4.78 is 12.1. The maximum Gasteiger partial charge on any atom is 0.143 e. The van der Waals surface area contributed by atoms with E-state index in [9.17, 15) is 0 Å². The molecule has 4 aliphatic heterocycles. The van der Waals surface area contributed by atoms with Crippen LogP contribution in [0.2, 0.25) is 0 Å². The molecule has 5 heterocycles. The van der Waals surface area contributed by atoms with E-state index in [-0.39, 0.29) is 6.10 Å². The zero-order valence-electron chi connectivity index (χ0n) is 19.4. The van der Waals surface area contributed by atoms with Crippen LogP contribution >= 0.6 is 0 Å². The van der Waals surface area contributed by atoms with Gasteiger partial charge in [-0.1, -0.05) is 13.0 Å². The fourth-order valence-electron chi connectivity index (χ4n) is 5.57. The van der Waals surface area contributed by atoms with E-state index in [0.29, 0.717) is 5.92 Å². The normalized spacial score (nSPS) is 24.2. The molecule has 0 saturated carbocycles. The molecule has 0 spiro atoms. The van der Waals surface area contributed by atoms with Gasteiger partial charge in [0.2, 0.25) is 0 Å². The fourth-order valence-corrected chi connectivity index (χ4v) is 5.57. The Balaban J connectivity index is 1.26. The van der Waals surface area contributed by atoms with Gasteiger partial charge in [-0.15, -0.1) is 0 Å². The Morgan fingerprint density at radius 2 is 1.88 bits per heavy atom. The molecule has 3 saturated heterocycles. The maximum absolute atomic E-state index is 6.56. The Morgan fingerprint density at radius 1 is 1.06 bits per heavy atom. The van der Waals surface area contributed by atoms with Gasteiger partial charge in [-0.25, -0.2) is 9.97 Å². The molecule has 0 radical (unpaired) electrons. The summed E-state index contributed by atoms with van der Waals surface area (Å²) >= 11 is 0. The van der Waals surface area contributed by atoms with Crippen molar-refractivity contribution >= 4 is 17.3 Å². The molecule has 1 aromatic carbocycles. The van der Waals surface area contributed by atoms with Crippen LogP contribution in [0.5, 0.6) is 5.75 Å². The Hall–Kier alpha value is -2.42. The summed E-state index contributed by atoms with van der Waals surface area (Å²) in [6.07, 6.45) is 4.87. The van der Waals surface area contributed by atoms with E-state index in [4.69, 9.17) is 9.47 Å². The fraction of sp³-hybridized carbons (Fsp3) is 0.600. The van der Waals surface area contributed by atoms with E-state index in [1.807, 2.05) is 0 Å². The zero-order chi connectivity index (χ0) is 22.2. The van der Waals surface area contributed by atoms with Gasteiger partial charge in [0.05, 0.1) is 24.5 Å². The Labute approximate surface area is 195 Å². The molecule has 0 bridgehead atoms. The van der Waals surface area contributed by atoms with E-state index < -0.39 is 0 Å². The Morgan fingerprint density at radius 3 is 2.61 bits per heavy atom. The van der Waals surface area contributed by atoms with Crippen molar-refractivity contribution < 1.29 is 9.47 Å². The van der Waals surface area contributed by atoms with Gasteiger partial charge in [0.25, 0.3) is 0 Å². The predicted octanol–water partition coefficient (Wildman–Crippen LogP) is 3.05. The highest BCUT2D eigenvalue weighted by atomic mass is 16.5. The van der Waals surface area contributed by atoms with E-state index in [2.05, 4.69) is 55.5 Å². The van der Waals surface area contributed by atoms with Crippen molar-refractivity contribution in [1.82, 2.24) is 20.2 Å². The van der Waals surface area contributed by atoms with Gasteiger partial charge in [0, 0.05) is 32.2 Å². The summed E-state index contributed by atoms with van der Waals surface area (Å²) in [5, 5.41) is 7.02. The third kappa shape index (κ3) is 4.05. The monoisotopic (exact) mass is 450 g/mol. The molecule has 2 N–H and O–H groups in total. The molecular weight excluding hydrogens is 416 g/mol. The van der Waals surface area contributed by atoms with Crippen molar-refractivity contribution in [3.8, 4) is 5.75 Å². The first kappa shape index (κ1) is 21.1. The standard InChI is InChI=1S/C25H34N6O2/c1-2-21-23-24(27-16-28-25(23)31-9-11-32-12-10-31)29-20-13-18(3-4-22(20)33-21)17-5-7-30(8-6-17)19-14-26-15-19/h3-4,13,16-17,19,21,26H,2,5-12,14-15H2,1H3,(H,27,28,29)/t21-/m1/s1. The molecule has 176 valence electrons. The second kappa shape index (κ2) is 9.08. The first-order valence-corrected chi connectivity index (χ1v) is 12.5. The minimum absolute atomic E-state index is 0.0852. The molecular formula is C25H34N6O2. The van der Waals surface area contributed by atoms with Gasteiger partial charge in [-0.3, -0.25) is 4.90 Å². The van der Waals surface area contributed by atoms with Crippen LogP contribution in [0.3, 0.4) is 0 Å². The minimum Gasteiger partial charge on any atom is -0.483 e. The molecule has 6 rings (SSSR count). The number of morpholine rings is 1. The SMILES string of the molecule is CC[C@H]1Oc2ccc(C3CCN(C4CNC4)CC3)cc2Nc2ncnc(N3CCOCC3)c21. The molecule has 1 aromatic heterocycles. The van der Waals surface area contributed by atoms with Gasteiger partial charge in [-0.05, 0) is 56.0 Å². The largest absolute Gasteiger partial charge is 0.483 e. The Kier molecular flexibility index (Phi) is 5.82. The van der Waals surface area contributed by atoms with Crippen molar-refractivity contribution in [2.24, 2.45) is 0 Å². The van der Waals surface area contributed by atoms with Gasteiger partial charge >= 0.3 is 0 Å². The second-order valence-corrected chi connectivity index (χ2v) is 9.58. The van der Waals surface area contributed by atoms with Gasteiger partial charge < -0.3 is 25.0 Å². The van der Waals surface area contributed by atoms with Crippen molar-refractivity contribution in [2.75, 3.05) is 62.7 Å². The highest BCUT2D eigenvalue weighted by molar-refractivity contribution is 5.72. The lowest BCUT2D eigenvalue weighted by atomic mass is 9.88. The molecule has 0 amide bonds. The summed E-state index contributed by atoms with van der Waals surface area (Å²) in [5.74, 6) is 3.32. The van der Waals surface area contributed by atoms with Crippen LogP contribution in [0, 0.1) is 0 Å². The van der Waals surface area contributed by atoms with Crippen LogP contribution in [-0.4, -0.2) is 73.4 Å². The Bertz CT molecular complexity index is 983. The number of anilines is 3. The van der Waals surface area contributed by atoms with Crippen LogP contribution in [-0.2, 0) is 4.74 Å². The van der Waals surface area contributed by atoms with Crippen molar-refractivity contribution in [3.63, 3.8) is 0 Å². The van der Waals surface area contributed by atoms with Gasteiger partial charge in [0.15, 0.2) is 0 Å². The number of likely N-dealkylation sites (tertiary alicyclic amines) is 1. The first-order chi connectivity index (χ1) is 16.3. The number of nitrogens with one attached hydrogen (secondary N) is 2. The summed E-state index contributed by atoms with van der Waals surface area (Å²) in [7, 11) is 0. The number of ether oxygens (including phenoxy) is 2. The first-order valence-electron chi connectivity index (χ1n) is 12.5. The topological polar surface area (TPSA) is 74.8 Å². The van der Waals surface area contributed by atoms with E-state index in [1.165, 1.54) is 31.5 Å². The number of hydrogen-bond donors (Lipinski definition) is 2. The van der Waals surface area contributed by atoms with Gasteiger partial charge in [0.1, 0.15) is 29.8 Å². The third-order valence-corrected chi connectivity index (χ3v) is 7.67. The van der Waals surface area contributed by atoms with E-state index in [1.54, 1.807) is 6.33 Å². The van der Waals surface area contributed by atoms with Crippen LogP contribution < -0.4 is 20.3 Å². The third-order valence-electron chi connectivity index (χ3n) is 7.67. The molecule has 33 heavy (non-hydrogen) atoms. The van der Waals surface area contributed by atoms with Crippen LogP contribution in [0.15, 0.2) is 24.5 Å². The number of aromatic nitrogens is 2. The maximum atomic E-state index is 6.56. The summed E-state index contributed by atoms with van der Waals surface area (Å²) in [4.78, 5) is 14.3. The van der Waals surface area contributed by atoms with E-state index >= 15 is 0 Å². The molecule has 4 aliphatic rings. The highest BCUT2D eigenvalue weighted by Crippen LogP contribution is 2.44. The number of nitrogens with zero attached hydrogens (tertiary/aromatic N) is 4. The number of piperidine rings is 1. The van der Waals surface area contributed by atoms with Crippen LogP contribution in [0.25, 0.3) is 0 Å². The van der Waals surface area contributed by atoms with Crippen molar-refractivity contribution in [3.05, 3.63) is 35.7 Å². The average molecular weight is 451 g/mol. The summed E-state index contributed by atoms with van der Waals surface area (Å²) in [6, 6.07) is 7.45. The molecule has 3 fully saturated rings. The molecule has 1 atom stereocenters. The van der Waals surface area contributed by atoms with Crippen LogP contribution in [0.4, 0.5) is 17.3 Å². The smallest absolute Gasteiger partial charge is 0.143 e. The summed E-state index contributed by atoms with van der Waals surface area (Å²) in [5.41, 5.74) is 3.47. The van der Waals surface area contributed by atoms with Gasteiger partial charge in [-0.2, -0.15) is 0 Å². The highest BCUT2D eigenvalue weighted by Gasteiger charge is 2.32. The lowest BCUT2D eigenvalue weighted by Crippen LogP contribution is -2.58. The summed E-state index contributed by atoms with van der Waals surface area (Å²) in [6.45, 7) is 9.97. The van der Waals surface area contributed by atoms with Crippen LogP contribution in [0.1, 0.15) is 49.3 Å². The predicted molar refractivity (Wildman–Crippen MR) is 129 cm³/mol. The average Bonchev–Trinajstić information content (AvgIpc) is 2.99. The van der Waals surface area contributed by atoms with Crippen molar-refractivity contribution in [1.29, 1.82) is 0 Å². The number of fused-ring (bicyclic) bond motifs is 2. The molecule has 8 nitrogen and oxygen atoms in total. The minimum atomic E-state index is -0.0852. The van der Waals surface area contributed by atoms with Crippen molar-refractivity contribution in [2.45, 2.75) is 44.2 Å². The number of benzene rings is 1. The number of rotatable bonds is 4. The molecule has 0 unspecified atom stereocenters. The second-order valence-electron chi connectivity index (χ2n) is 9.58. The lowest BCUT2D eigenvalue weighted by molar-refractivity contribution is 0.113. The molecule has 8 heteroatoms. The van der Waals surface area contributed by atoms with E-state index in [0.717, 1.165) is 80.5 Å². The molecule has 2 aromatic rings. The lowest BCUT2D eigenvalue weighted by Gasteiger charge is -2.42.